The molecule has 0 aromatic heterocycles. The Morgan fingerprint density at radius 1 is 0.636 bits per heavy atom. The Bertz CT molecular complexity index is 393. The van der Waals surface area contributed by atoms with Gasteiger partial charge in [0.2, 0.25) is 0 Å². The fraction of sp³-hybridized carbons (Fsp3) is 0.333. The van der Waals surface area contributed by atoms with Crippen molar-refractivity contribution >= 4 is 60.9 Å². The molecule has 0 saturated heterocycles. The van der Waals surface area contributed by atoms with Crippen LogP contribution in [0, 0.1) is 15.6 Å². The third kappa shape index (κ3) is 20.0. The fourth-order valence-electron chi connectivity index (χ4n) is 0.117. The number of hydrogen-bond donors (Lipinski definition) is 3. The Balaban J connectivity index is -0.000000108. The molecule has 3 N–H and O–H groups in total. The summed E-state index contributed by atoms with van der Waals surface area (Å²) in [6.07, 6.45) is 0. The molecule has 0 spiro atoms. The number of aliphatic carboxylic acids is 3. The van der Waals surface area contributed by atoms with E-state index in [0.717, 1.165) is 20.8 Å². The maximum absolute atomic E-state index is 9.60. The van der Waals surface area contributed by atoms with Crippen LogP contribution in [-0.4, -0.2) is 76.2 Å². The maximum Gasteiger partial charge on any atom is 3.00 e. The molecular formula is C9H12InN3O9. The largest absolute Gasteiger partial charge is 3.00 e. The molecular weight excluding hydrogens is 409 g/mol. The number of carbonyl (C=O) groups is 3. The van der Waals surface area contributed by atoms with Gasteiger partial charge in [0.05, 0.1) is 0 Å². The van der Waals surface area contributed by atoms with Crippen molar-refractivity contribution in [1.82, 2.24) is 0 Å². The van der Waals surface area contributed by atoms with E-state index in [0.29, 0.717) is 0 Å². The van der Waals surface area contributed by atoms with E-state index in [4.69, 9.17) is 15.3 Å². The predicted molar refractivity (Wildman–Crippen MR) is 78.1 cm³/mol. The summed E-state index contributed by atoms with van der Waals surface area (Å²) in [5.41, 5.74) is -1.25. The van der Waals surface area contributed by atoms with Gasteiger partial charge in [-0.25, -0.2) is 14.4 Å². The predicted octanol–water partition coefficient (Wildman–Crippen LogP) is -0.292. The van der Waals surface area contributed by atoms with Crippen molar-refractivity contribution in [2.24, 2.45) is 15.5 Å². The molecule has 0 aliphatic carbocycles. The second-order valence-electron chi connectivity index (χ2n) is 2.95. The third-order valence-corrected chi connectivity index (χ3v) is 1.34. The molecule has 13 heteroatoms. The zero-order chi connectivity index (χ0) is 17.6. The molecule has 22 heavy (non-hydrogen) atoms. The van der Waals surface area contributed by atoms with Crippen LogP contribution in [-0.2, 0) is 14.4 Å². The molecule has 120 valence electrons. The number of carboxylic acids is 3. The van der Waals surface area contributed by atoms with Gasteiger partial charge in [0.15, 0.2) is 0 Å². The van der Waals surface area contributed by atoms with Crippen LogP contribution in [0.3, 0.4) is 0 Å². The molecule has 12 nitrogen and oxygen atoms in total. The minimum absolute atomic E-state index is 0. The van der Waals surface area contributed by atoms with Crippen LogP contribution in [0.4, 0.5) is 0 Å². The molecule has 0 saturated carbocycles. The molecule has 0 aromatic carbocycles. The second-order valence-corrected chi connectivity index (χ2v) is 2.95. The smallest absolute Gasteiger partial charge is 0.792 e. The SMILES string of the molecule is CC(=N[O-])C(=O)O.CC(=N[O-])C(=O)O.CC(=N[O-])C(=O)O.[In+3]. The van der Waals surface area contributed by atoms with Crippen LogP contribution < -0.4 is 0 Å². The molecule has 0 aliphatic heterocycles. The minimum Gasteiger partial charge on any atom is -0.792 e. The van der Waals surface area contributed by atoms with Crippen LogP contribution in [0.15, 0.2) is 15.5 Å². The van der Waals surface area contributed by atoms with E-state index in [-0.39, 0.29) is 25.8 Å². The third-order valence-electron chi connectivity index (χ3n) is 1.34. The van der Waals surface area contributed by atoms with Crippen LogP contribution >= 0.6 is 0 Å². The Morgan fingerprint density at radius 2 is 0.773 bits per heavy atom. The van der Waals surface area contributed by atoms with Crippen molar-refractivity contribution in [2.45, 2.75) is 20.8 Å². The van der Waals surface area contributed by atoms with Gasteiger partial charge in [-0.15, -0.1) is 0 Å². The fourth-order valence-corrected chi connectivity index (χ4v) is 0.117. The quantitative estimate of drug-likeness (QED) is 0.402. The van der Waals surface area contributed by atoms with Gasteiger partial charge in [-0.3, -0.25) is 0 Å². The maximum atomic E-state index is 9.60. The summed E-state index contributed by atoms with van der Waals surface area (Å²) in [7, 11) is 0. The van der Waals surface area contributed by atoms with E-state index in [2.05, 4.69) is 15.5 Å². The first-order valence-corrected chi connectivity index (χ1v) is 4.75. The van der Waals surface area contributed by atoms with Gasteiger partial charge in [-0.05, 0) is 20.8 Å². The standard InChI is InChI=1S/3C3H5NO3.In/c3*1-2(4-7)3(5)6;/h3*7H,1H3,(H,5,6);/q;;;+3/p-3. The molecule has 0 unspecified atom stereocenters. The van der Waals surface area contributed by atoms with E-state index in [1.54, 1.807) is 0 Å². The van der Waals surface area contributed by atoms with E-state index in [9.17, 15) is 30.0 Å². The number of rotatable bonds is 3. The monoisotopic (exact) mass is 421 g/mol. The first-order chi connectivity index (χ1) is 9.54. The van der Waals surface area contributed by atoms with E-state index in [1.807, 2.05) is 0 Å². The van der Waals surface area contributed by atoms with Crippen molar-refractivity contribution in [1.29, 1.82) is 0 Å². The first kappa shape index (κ1) is 27.9. The molecule has 0 radical (unpaired) electrons. The van der Waals surface area contributed by atoms with Gasteiger partial charge in [-0.2, -0.15) is 0 Å². The molecule has 0 aliphatic rings. The molecule has 0 rings (SSSR count). The minimum atomic E-state index is -1.27. The first-order valence-electron chi connectivity index (χ1n) is 4.75. The number of nitrogens with zero attached hydrogens (tertiary/aromatic N) is 3. The van der Waals surface area contributed by atoms with Gasteiger partial charge in [-0.1, -0.05) is 0 Å². The molecule has 0 bridgehead atoms. The van der Waals surface area contributed by atoms with Gasteiger partial charge < -0.3 is 46.4 Å². The summed E-state index contributed by atoms with van der Waals surface area (Å²) in [5.74, 6) is -3.81. The zero-order valence-electron chi connectivity index (χ0n) is 11.7. The summed E-state index contributed by atoms with van der Waals surface area (Å²) >= 11 is 0. The normalized spacial score (nSPS) is 10.8. The van der Waals surface area contributed by atoms with Crippen LogP contribution in [0.5, 0.6) is 0 Å². The Kier molecular flexibility index (Phi) is 21.3. The summed E-state index contributed by atoms with van der Waals surface area (Å²) < 4.78 is 0. The van der Waals surface area contributed by atoms with Crippen LogP contribution in [0.25, 0.3) is 0 Å². The Morgan fingerprint density at radius 3 is 0.773 bits per heavy atom. The van der Waals surface area contributed by atoms with Crippen LogP contribution in [0.2, 0.25) is 0 Å². The molecule has 0 heterocycles. The number of carboxylic acid groups (broad SMARTS) is 3. The van der Waals surface area contributed by atoms with Gasteiger partial charge in [0.25, 0.3) is 0 Å². The van der Waals surface area contributed by atoms with E-state index < -0.39 is 35.0 Å². The average Bonchev–Trinajstić information content (AvgIpc) is 2.45. The van der Waals surface area contributed by atoms with Crippen molar-refractivity contribution in [3.05, 3.63) is 15.6 Å². The second kappa shape index (κ2) is 16.7. The molecule has 0 fully saturated rings. The summed E-state index contributed by atoms with van der Waals surface area (Å²) in [4.78, 5) is 28.8. The Hall–Kier alpha value is -2.31. The summed E-state index contributed by atoms with van der Waals surface area (Å²) in [5, 5.41) is 57.9. The average molecular weight is 421 g/mol. The topological polar surface area (TPSA) is 218 Å². The summed E-state index contributed by atoms with van der Waals surface area (Å²) in [6, 6.07) is 0. The van der Waals surface area contributed by atoms with Crippen LogP contribution in [0.1, 0.15) is 20.8 Å². The van der Waals surface area contributed by atoms with E-state index in [1.165, 1.54) is 0 Å². The van der Waals surface area contributed by atoms with Gasteiger partial charge in [0, 0.05) is 0 Å². The van der Waals surface area contributed by atoms with Crippen molar-refractivity contribution in [3.63, 3.8) is 0 Å². The van der Waals surface area contributed by atoms with Gasteiger partial charge >= 0.3 is 43.8 Å². The van der Waals surface area contributed by atoms with Gasteiger partial charge in [0.1, 0.15) is 17.1 Å². The summed E-state index contributed by atoms with van der Waals surface area (Å²) in [6.45, 7) is 3.40. The number of hydrogen-bond acceptors (Lipinski definition) is 9. The van der Waals surface area contributed by atoms with E-state index >= 15 is 0 Å². The van der Waals surface area contributed by atoms with Crippen molar-refractivity contribution in [2.75, 3.05) is 0 Å². The molecule has 0 atom stereocenters. The van der Waals surface area contributed by atoms with Crippen molar-refractivity contribution in [3.8, 4) is 0 Å². The zero-order valence-corrected chi connectivity index (χ0v) is 15.0. The van der Waals surface area contributed by atoms with Crippen molar-refractivity contribution < 1.29 is 29.7 Å². The Labute approximate surface area is 142 Å². The molecule has 0 aromatic rings. The molecule has 0 amide bonds.